The van der Waals surface area contributed by atoms with Crippen LogP contribution in [-0.4, -0.2) is 44.0 Å². The van der Waals surface area contributed by atoms with E-state index in [4.69, 9.17) is 0 Å². The number of alkyl halides is 2. The Morgan fingerprint density at radius 3 is 2.43 bits per heavy atom. The molecule has 0 aromatic carbocycles. The van der Waals surface area contributed by atoms with E-state index in [1.165, 1.54) is 6.92 Å². The molecule has 0 bridgehead atoms. The van der Waals surface area contributed by atoms with Crippen molar-refractivity contribution in [2.75, 3.05) is 27.2 Å². The average molecular weight is 208 g/mol. The SMILES string of the molecule is CCC(F)(F)CN(C)C(C)CCNC. The van der Waals surface area contributed by atoms with Gasteiger partial charge in [-0.2, -0.15) is 0 Å². The van der Waals surface area contributed by atoms with Gasteiger partial charge >= 0.3 is 0 Å². The maximum Gasteiger partial charge on any atom is 0.260 e. The fraction of sp³-hybridized carbons (Fsp3) is 1.00. The van der Waals surface area contributed by atoms with E-state index in [2.05, 4.69) is 5.32 Å². The molecule has 14 heavy (non-hydrogen) atoms. The van der Waals surface area contributed by atoms with Crippen LogP contribution in [0.4, 0.5) is 8.78 Å². The van der Waals surface area contributed by atoms with E-state index >= 15 is 0 Å². The van der Waals surface area contributed by atoms with Crippen molar-refractivity contribution in [1.29, 1.82) is 0 Å². The first-order valence-corrected chi connectivity index (χ1v) is 5.15. The minimum absolute atomic E-state index is 0.0872. The second kappa shape index (κ2) is 6.30. The topological polar surface area (TPSA) is 15.3 Å². The second-order valence-corrected chi connectivity index (χ2v) is 3.87. The highest BCUT2D eigenvalue weighted by Crippen LogP contribution is 2.19. The maximum atomic E-state index is 13.0. The molecule has 0 aromatic heterocycles. The van der Waals surface area contributed by atoms with Crippen LogP contribution in [0.15, 0.2) is 0 Å². The summed E-state index contributed by atoms with van der Waals surface area (Å²) >= 11 is 0. The molecule has 2 nitrogen and oxygen atoms in total. The fourth-order valence-electron chi connectivity index (χ4n) is 1.21. The third kappa shape index (κ3) is 5.50. The Morgan fingerprint density at radius 1 is 1.43 bits per heavy atom. The van der Waals surface area contributed by atoms with Gasteiger partial charge < -0.3 is 5.32 Å². The Kier molecular flexibility index (Phi) is 6.20. The lowest BCUT2D eigenvalue weighted by Gasteiger charge is -2.28. The van der Waals surface area contributed by atoms with E-state index in [1.54, 1.807) is 11.9 Å². The van der Waals surface area contributed by atoms with Gasteiger partial charge in [-0.25, -0.2) is 8.78 Å². The molecule has 0 amide bonds. The first-order chi connectivity index (χ1) is 6.43. The lowest BCUT2D eigenvalue weighted by Crippen LogP contribution is -2.40. The molecule has 1 unspecified atom stereocenters. The van der Waals surface area contributed by atoms with Gasteiger partial charge in [0, 0.05) is 12.5 Å². The second-order valence-electron chi connectivity index (χ2n) is 3.87. The monoisotopic (exact) mass is 208 g/mol. The molecule has 4 heteroatoms. The highest BCUT2D eigenvalue weighted by molar-refractivity contribution is 4.72. The van der Waals surface area contributed by atoms with Crippen molar-refractivity contribution in [2.24, 2.45) is 0 Å². The summed E-state index contributed by atoms with van der Waals surface area (Å²) in [7, 11) is 3.62. The molecule has 0 heterocycles. The van der Waals surface area contributed by atoms with Crippen molar-refractivity contribution in [3.8, 4) is 0 Å². The number of nitrogens with one attached hydrogen (secondary N) is 1. The summed E-state index contributed by atoms with van der Waals surface area (Å²) < 4.78 is 26.1. The molecule has 1 N–H and O–H groups in total. The summed E-state index contributed by atoms with van der Waals surface area (Å²) in [4.78, 5) is 1.72. The summed E-state index contributed by atoms with van der Waals surface area (Å²) in [5, 5.41) is 3.02. The molecule has 0 spiro atoms. The minimum Gasteiger partial charge on any atom is -0.320 e. The van der Waals surface area contributed by atoms with Crippen molar-refractivity contribution in [3.63, 3.8) is 0 Å². The zero-order valence-electron chi connectivity index (χ0n) is 9.61. The number of rotatable bonds is 7. The molecule has 0 radical (unpaired) electrons. The predicted molar refractivity (Wildman–Crippen MR) is 55.9 cm³/mol. The van der Waals surface area contributed by atoms with Crippen LogP contribution in [0.3, 0.4) is 0 Å². The minimum atomic E-state index is -2.55. The van der Waals surface area contributed by atoms with Crippen LogP contribution in [0.1, 0.15) is 26.7 Å². The van der Waals surface area contributed by atoms with E-state index in [0.717, 1.165) is 13.0 Å². The van der Waals surface area contributed by atoms with Gasteiger partial charge in [0.25, 0.3) is 5.92 Å². The van der Waals surface area contributed by atoms with Gasteiger partial charge in [-0.05, 0) is 34.0 Å². The number of hydrogen-bond acceptors (Lipinski definition) is 2. The van der Waals surface area contributed by atoms with E-state index in [0.29, 0.717) is 0 Å². The summed E-state index contributed by atoms with van der Waals surface area (Å²) in [6.45, 7) is 4.22. The quantitative estimate of drug-likeness (QED) is 0.688. The summed E-state index contributed by atoms with van der Waals surface area (Å²) in [6.07, 6.45) is 0.808. The third-order valence-corrected chi connectivity index (χ3v) is 2.56. The number of nitrogens with zero attached hydrogens (tertiary/aromatic N) is 1. The van der Waals surface area contributed by atoms with Gasteiger partial charge in [0.05, 0.1) is 6.54 Å². The molecule has 0 aromatic rings. The van der Waals surface area contributed by atoms with Crippen LogP contribution in [0.2, 0.25) is 0 Å². The Balaban J connectivity index is 3.87. The lowest BCUT2D eigenvalue weighted by molar-refractivity contribution is -0.0373. The van der Waals surface area contributed by atoms with Gasteiger partial charge in [-0.3, -0.25) is 4.90 Å². The van der Waals surface area contributed by atoms with Crippen LogP contribution in [-0.2, 0) is 0 Å². The zero-order valence-corrected chi connectivity index (χ0v) is 9.61. The molecule has 86 valence electrons. The number of halogens is 2. The highest BCUT2D eigenvalue weighted by atomic mass is 19.3. The van der Waals surface area contributed by atoms with Crippen LogP contribution < -0.4 is 5.32 Å². The molecule has 0 saturated heterocycles. The normalized spacial score (nSPS) is 14.8. The van der Waals surface area contributed by atoms with Crippen LogP contribution >= 0.6 is 0 Å². The summed E-state index contributed by atoms with van der Waals surface area (Å²) in [6, 6.07) is 0.194. The van der Waals surface area contributed by atoms with Crippen molar-refractivity contribution in [1.82, 2.24) is 10.2 Å². The molecule has 0 fully saturated rings. The van der Waals surface area contributed by atoms with Crippen molar-refractivity contribution >= 4 is 0 Å². The molecule has 0 aliphatic heterocycles. The van der Waals surface area contributed by atoms with E-state index in [1.807, 2.05) is 14.0 Å². The Hall–Kier alpha value is -0.220. The van der Waals surface area contributed by atoms with Gasteiger partial charge in [-0.1, -0.05) is 6.92 Å². The van der Waals surface area contributed by atoms with Crippen molar-refractivity contribution in [3.05, 3.63) is 0 Å². The first-order valence-electron chi connectivity index (χ1n) is 5.15. The molecular formula is C10H22F2N2. The van der Waals surface area contributed by atoms with Crippen LogP contribution in [0.25, 0.3) is 0 Å². The molecule has 0 aliphatic carbocycles. The standard InChI is InChI=1S/C10H22F2N2/c1-5-10(11,12)8-14(4)9(2)6-7-13-3/h9,13H,5-8H2,1-4H3. The van der Waals surface area contributed by atoms with Gasteiger partial charge in [0.15, 0.2) is 0 Å². The third-order valence-electron chi connectivity index (χ3n) is 2.56. The van der Waals surface area contributed by atoms with Gasteiger partial charge in [0.2, 0.25) is 0 Å². The number of hydrogen-bond donors (Lipinski definition) is 1. The molecule has 0 saturated carbocycles. The van der Waals surface area contributed by atoms with Crippen LogP contribution in [0, 0.1) is 0 Å². The van der Waals surface area contributed by atoms with Gasteiger partial charge in [-0.15, -0.1) is 0 Å². The Morgan fingerprint density at radius 2 is 2.00 bits per heavy atom. The lowest BCUT2D eigenvalue weighted by atomic mass is 10.1. The maximum absolute atomic E-state index is 13.0. The molecule has 0 aliphatic rings. The Bertz CT molecular complexity index is 151. The summed E-state index contributed by atoms with van der Waals surface area (Å²) in [5.41, 5.74) is 0. The molecule has 0 rings (SSSR count). The van der Waals surface area contributed by atoms with E-state index < -0.39 is 5.92 Å². The van der Waals surface area contributed by atoms with E-state index in [9.17, 15) is 8.78 Å². The largest absolute Gasteiger partial charge is 0.320 e. The Labute approximate surface area is 85.7 Å². The molecule has 1 atom stereocenters. The van der Waals surface area contributed by atoms with Gasteiger partial charge in [0.1, 0.15) is 0 Å². The predicted octanol–water partition coefficient (Wildman–Crippen LogP) is 1.96. The molecular weight excluding hydrogens is 186 g/mol. The highest BCUT2D eigenvalue weighted by Gasteiger charge is 2.29. The summed E-state index contributed by atoms with van der Waals surface area (Å²) in [5.74, 6) is -2.55. The average Bonchev–Trinajstić information content (AvgIpc) is 2.13. The smallest absolute Gasteiger partial charge is 0.260 e. The van der Waals surface area contributed by atoms with Crippen LogP contribution in [0.5, 0.6) is 0 Å². The first kappa shape index (κ1) is 13.8. The fourth-order valence-corrected chi connectivity index (χ4v) is 1.21. The van der Waals surface area contributed by atoms with E-state index in [-0.39, 0.29) is 19.0 Å². The van der Waals surface area contributed by atoms with Crippen molar-refractivity contribution in [2.45, 2.75) is 38.7 Å². The van der Waals surface area contributed by atoms with Crippen molar-refractivity contribution < 1.29 is 8.78 Å². The zero-order chi connectivity index (χ0) is 11.2.